The zero-order chi connectivity index (χ0) is 11.2. The van der Waals surface area contributed by atoms with Crippen LogP contribution in [0.3, 0.4) is 0 Å². The van der Waals surface area contributed by atoms with Crippen LogP contribution in [-0.2, 0) is 9.53 Å². The maximum atomic E-state index is 11.4. The maximum absolute atomic E-state index is 11.4. The van der Waals surface area contributed by atoms with Gasteiger partial charge in [0.25, 0.3) is 0 Å². The fraction of sp³-hybridized carbons (Fsp3) is 0.364. The molecule has 5 heteroatoms. The molecule has 2 heterocycles. The Hall–Kier alpha value is -1.51. The van der Waals surface area contributed by atoms with E-state index >= 15 is 0 Å². The number of ether oxygens (including phenoxy) is 1. The van der Waals surface area contributed by atoms with Crippen LogP contribution >= 0.6 is 11.3 Å². The van der Waals surface area contributed by atoms with E-state index in [0.29, 0.717) is 13.2 Å². The van der Waals surface area contributed by atoms with Crippen LogP contribution in [0.1, 0.15) is 0 Å². The van der Waals surface area contributed by atoms with Crippen molar-refractivity contribution in [1.29, 1.82) is 0 Å². The quantitative estimate of drug-likeness (QED) is 0.739. The van der Waals surface area contributed by atoms with Gasteiger partial charge in [-0.05, 0) is 17.5 Å². The zero-order valence-electron chi connectivity index (χ0n) is 8.73. The highest BCUT2D eigenvalue weighted by Gasteiger charge is 2.06. The number of nitrogens with zero attached hydrogens (tertiary/aromatic N) is 1. The summed E-state index contributed by atoms with van der Waals surface area (Å²) in [6.07, 6.45) is 0. The molecule has 0 bridgehead atoms. The van der Waals surface area contributed by atoms with Crippen LogP contribution in [0.15, 0.2) is 17.5 Å². The summed E-state index contributed by atoms with van der Waals surface area (Å²) < 4.78 is 5.18. The lowest BCUT2D eigenvalue weighted by molar-refractivity contribution is -0.111. The van der Waals surface area contributed by atoms with Crippen molar-refractivity contribution in [2.24, 2.45) is 0 Å². The average Bonchev–Trinajstić information content (AvgIpc) is 2.81. The smallest absolute Gasteiger partial charge is 0.302 e. The van der Waals surface area contributed by atoms with E-state index in [1.165, 1.54) is 11.3 Å². The number of carbonyl (C=O) groups excluding carboxylic acids is 1. The SMILES string of the molecule is O=C(C#CN1CCOCC1)Nc1cccs1. The summed E-state index contributed by atoms with van der Waals surface area (Å²) >= 11 is 1.48. The Balaban J connectivity index is 1.84. The predicted molar refractivity (Wildman–Crippen MR) is 63.1 cm³/mol. The Morgan fingerprint density at radius 3 is 3.00 bits per heavy atom. The standard InChI is InChI=1S/C11H12N2O2S/c14-10(12-11-2-1-9-16-11)3-4-13-5-7-15-8-6-13/h1-2,9H,5-8H2,(H,12,14). The number of amides is 1. The number of carbonyl (C=O) groups is 1. The first kappa shape index (κ1) is 11.0. The second-order valence-corrected chi connectivity index (χ2v) is 4.22. The number of anilines is 1. The Morgan fingerprint density at radius 2 is 2.31 bits per heavy atom. The lowest BCUT2D eigenvalue weighted by Gasteiger charge is -2.22. The van der Waals surface area contributed by atoms with E-state index in [1.54, 1.807) is 0 Å². The van der Waals surface area contributed by atoms with Gasteiger partial charge in [0.2, 0.25) is 0 Å². The second-order valence-electron chi connectivity index (χ2n) is 3.27. The lowest BCUT2D eigenvalue weighted by atomic mass is 10.4. The van der Waals surface area contributed by atoms with Crippen molar-refractivity contribution in [1.82, 2.24) is 4.90 Å². The van der Waals surface area contributed by atoms with Gasteiger partial charge < -0.3 is 15.0 Å². The first-order valence-electron chi connectivity index (χ1n) is 5.03. The molecule has 4 nitrogen and oxygen atoms in total. The van der Waals surface area contributed by atoms with E-state index in [0.717, 1.165) is 18.1 Å². The van der Waals surface area contributed by atoms with E-state index in [4.69, 9.17) is 4.74 Å². The third kappa shape index (κ3) is 3.26. The third-order valence-electron chi connectivity index (χ3n) is 2.10. The Labute approximate surface area is 98.2 Å². The molecule has 0 aromatic carbocycles. The summed E-state index contributed by atoms with van der Waals surface area (Å²) in [5, 5.41) is 5.44. The van der Waals surface area contributed by atoms with Gasteiger partial charge in [-0.1, -0.05) is 0 Å². The molecule has 2 rings (SSSR count). The summed E-state index contributed by atoms with van der Waals surface area (Å²) in [5.74, 6) is 2.30. The number of hydrogen-bond acceptors (Lipinski definition) is 4. The molecular formula is C11H12N2O2S. The highest BCUT2D eigenvalue weighted by atomic mass is 32.1. The average molecular weight is 236 g/mol. The molecule has 1 saturated heterocycles. The van der Waals surface area contributed by atoms with Gasteiger partial charge in [-0.15, -0.1) is 11.3 Å². The molecule has 0 unspecified atom stereocenters. The van der Waals surface area contributed by atoms with Gasteiger partial charge in [0.15, 0.2) is 0 Å². The number of nitrogens with one attached hydrogen (secondary N) is 1. The zero-order valence-corrected chi connectivity index (χ0v) is 9.55. The summed E-state index contributed by atoms with van der Waals surface area (Å²) in [6.45, 7) is 2.89. The fourth-order valence-electron chi connectivity index (χ4n) is 1.30. The van der Waals surface area contributed by atoms with Gasteiger partial charge in [-0.25, -0.2) is 0 Å². The van der Waals surface area contributed by atoms with Crippen LogP contribution < -0.4 is 5.32 Å². The summed E-state index contributed by atoms with van der Waals surface area (Å²) in [4.78, 5) is 13.3. The van der Waals surface area contributed by atoms with Crippen LogP contribution in [-0.4, -0.2) is 37.1 Å². The molecule has 1 aromatic rings. The molecule has 1 fully saturated rings. The van der Waals surface area contributed by atoms with Crippen LogP contribution in [0.2, 0.25) is 0 Å². The van der Waals surface area contributed by atoms with E-state index in [9.17, 15) is 4.79 Å². The Morgan fingerprint density at radius 1 is 1.50 bits per heavy atom. The summed E-state index contributed by atoms with van der Waals surface area (Å²) in [6, 6.07) is 6.56. The number of morpholine rings is 1. The molecule has 0 atom stereocenters. The maximum Gasteiger partial charge on any atom is 0.302 e. The number of hydrogen-bond donors (Lipinski definition) is 1. The van der Waals surface area contributed by atoms with Crippen molar-refractivity contribution in [2.45, 2.75) is 0 Å². The minimum atomic E-state index is -0.269. The third-order valence-corrected chi connectivity index (χ3v) is 2.88. The molecule has 1 aliphatic heterocycles. The molecule has 1 aliphatic rings. The van der Waals surface area contributed by atoms with Crippen LogP contribution in [0, 0.1) is 12.0 Å². The Bertz CT molecular complexity index is 399. The topological polar surface area (TPSA) is 41.6 Å². The van der Waals surface area contributed by atoms with Gasteiger partial charge >= 0.3 is 5.91 Å². The molecule has 0 aliphatic carbocycles. The molecule has 1 N–H and O–H groups in total. The van der Waals surface area contributed by atoms with E-state index in [2.05, 4.69) is 17.3 Å². The molecule has 1 amide bonds. The largest absolute Gasteiger partial charge is 0.378 e. The van der Waals surface area contributed by atoms with Gasteiger partial charge in [0.05, 0.1) is 18.2 Å². The van der Waals surface area contributed by atoms with Crippen LogP contribution in [0.4, 0.5) is 5.00 Å². The predicted octanol–water partition coefficient (Wildman–Crippen LogP) is 0.980. The van der Waals surface area contributed by atoms with Crippen molar-refractivity contribution in [3.05, 3.63) is 17.5 Å². The highest BCUT2D eigenvalue weighted by molar-refractivity contribution is 7.14. The van der Waals surface area contributed by atoms with Gasteiger partial charge in [0.1, 0.15) is 0 Å². The first-order chi connectivity index (χ1) is 7.84. The minimum Gasteiger partial charge on any atom is -0.378 e. The first-order valence-corrected chi connectivity index (χ1v) is 5.91. The molecule has 0 spiro atoms. The van der Waals surface area contributed by atoms with E-state index < -0.39 is 0 Å². The molecule has 0 radical (unpaired) electrons. The van der Waals surface area contributed by atoms with Crippen LogP contribution in [0.5, 0.6) is 0 Å². The second kappa shape index (κ2) is 5.54. The normalized spacial score (nSPS) is 15.1. The molecule has 16 heavy (non-hydrogen) atoms. The number of rotatable bonds is 1. The molecule has 84 valence electrons. The minimum absolute atomic E-state index is 0.269. The molecule has 0 saturated carbocycles. The van der Waals surface area contributed by atoms with E-state index in [1.807, 2.05) is 22.4 Å². The van der Waals surface area contributed by atoms with Crippen molar-refractivity contribution in [2.75, 3.05) is 31.6 Å². The molecular weight excluding hydrogens is 224 g/mol. The van der Waals surface area contributed by atoms with E-state index in [-0.39, 0.29) is 5.91 Å². The van der Waals surface area contributed by atoms with Gasteiger partial charge in [-0.3, -0.25) is 4.79 Å². The van der Waals surface area contributed by atoms with Gasteiger partial charge in [0, 0.05) is 25.1 Å². The summed E-state index contributed by atoms with van der Waals surface area (Å²) in [7, 11) is 0. The summed E-state index contributed by atoms with van der Waals surface area (Å²) in [5.41, 5.74) is 0. The Kier molecular flexibility index (Phi) is 3.81. The van der Waals surface area contributed by atoms with Crippen molar-refractivity contribution in [3.63, 3.8) is 0 Å². The van der Waals surface area contributed by atoms with Gasteiger partial charge in [-0.2, -0.15) is 0 Å². The van der Waals surface area contributed by atoms with Crippen LogP contribution in [0.25, 0.3) is 0 Å². The highest BCUT2D eigenvalue weighted by Crippen LogP contribution is 2.14. The van der Waals surface area contributed by atoms with Crippen molar-refractivity contribution in [3.8, 4) is 12.0 Å². The monoisotopic (exact) mass is 236 g/mol. The van der Waals surface area contributed by atoms with Crippen molar-refractivity contribution < 1.29 is 9.53 Å². The van der Waals surface area contributed by atoms with Crippen molar-refractivity contribution >= 4 is 22.2 Å². The lowest BCUT2D eigenvalue weighted by Crippen LogP contribution is -2.32. The fourth-order valence-corrected chi connectivity index (χ4v) is 1.91. The molecule has 1 aromatic heterocycles. The number of thiophene rings is 1.